The van der Waals surface area contributed by atoms with E-state index in [1.807, 2.05) is 0 Å². The van der Waals surface area contributed by atoms with E-state index in [0.717, 1.165) is 0 Å². The topological polar surface area (TPSA) is 40.5 Å². The maximum atomic E-state index is 14.0. The quantitative estimate of drug-likeness (QED) is 0.376. The Kier molecular flexibility index (Phi) is 4.60. The first-order chi connectivity index (χ1) is 11.0. The van der Waals surface area contributed by atoms with Crippen molar-refractivity contribution in [3.05, 3.63) is 52.1 Å². The lowest BCUT2D eigenvalue weighted by atomic mass is 9.73. The van der Waals surface area contributed by atoms with Crippen molar-refractivity contribution in [2.45, 2.75) is 6.92 Å². The third-order valence-electron chi connectivity index (χ3n) is 3.31. The van der Waals surface area contributed by atoms with Gasteiger partial charge in [0.15, 0.2) is 46.5 Å². The zero-order chi connectivity index (χ0) is 18.5. The van der Waals surface area contributed by atoms with E-state index in [1.54, 1.807) is 0 Å². The molecule has 0 aliphatic heterocycles. The van der Waals surface area contributed by atoms with Gasteiger partial charge in [0, 0.05) is 16.6 Å². The molecule has 0 amide bonds. The Bertz CT molecular complexity index is 824. The molecule has 0 fully saturated rings. The van der Waals surface area contributed by atoms with Crippen LogP contribution in [0.5, 0.6) is 0 Å². The molecule has 0 aliphatic rings. The molecule has 0 aromatic heterocycles. The third kappa shape index (κ3) is 2.44. The third-order valence-corrected chi connectivity index (χ3v) is 3.31. The number of halogens is 8. The van der Waals surface area contributed by atoms with Gasteiger partial charge < -0.3 is 10.0 Å². The van der Waals surface area contributed by atoms with E-state index >= 15 is 0 Å². The van der Waals surface area contributed by atoms with Crippen LogP contribution in [0.1, 0.15) is 5.56 Å². The average molecular weight is 356 g/mol. The van der Waals surface area contributed by atoms with Gasteiger partial charge in [-0.15, -0.1) is 0 Å². The predicted octanol–water partition coefficient (Wildman–Crippen LogP) is 2.45. The first-order valence-electron chi connectivity index (χ1n) is 6.07. The molecule has 2 rings (SSSR count). The van der Waals surface area contributed by atoms with Crippen molar-refractivity contribution in [1.29, 1.82) is 0 Å². The number of benzene rings is 2. The fourth-order valence-corrected chi connectivity index (χ4v) is 2.17. The molecule has 2 aromatic rings. The number of hydrogen-bond acceptors (Lipinski definition) is 2. The average Bonchev–Trinajstić information content (AvgIpc) is 2.53. The van der Waals surface area contributed by atoms with Gasteiger partial charge in [0.05, 0.1) is 0 Å². The molecule has 0 saturated carbocycles. The van der Waals surface area contributed by atoms with Crippen LogP contribution in [0.25, 0.3) is 11.1 Å². The van der Waals surface area contributed by atoms with Gasteiger partial charge in [-0.1, -0.05) is 0 Å². The minimum absolute atomic E-state index is 0.614. The van der Waals surface area contributed by atoms with Crippen LogP contribution in [0.2, 0.25) is 0 Å². The second-order valence-corrected chi connectivity index (χ2v) is 4.67. The van der Waals surface area contributed by atoms with Gasteiger partial charge in [-0.2, -0.15) is 0 Å². The summed E-state index contributed by atoms with van der Waals surface area (Å²) in [5.74, 6) is -18.6. The second-order valence-electron chi connectivity index (χ2n) is 4.67. The molecule has 0 atom stereocenters. The molecular weight excluding hydrogens is 351 g/mol. The smallest absolute Gasteiger partial charge is 0.423 e. The fraction of sp³-hybridized carbons (Fsp3) is 0.0769. The Morgan fingerprint density at radius 3 is 1.38 bits per heavy atom. The molecule has 0 radical (unpaired) electrons. The predicted molar refractivity (Wildman–Crippen MR) is 66.1 cm³/mol. The molecule has 2 N–H and O–H groups in total. The Hall–Kier alpha value is -2.14. The summed E-state index contributed by atoms with van der Waals surface area (Å²) in [6, 6.07) is 0. The highest BCUT2D eigenvalue weighted by molar-refractivity contribution is 6.60. The van der Waals surface area contributed by atoms with Crippen molar-refractivity contribution in [3.8, 4) is 11.1 Å². The van der Waals surface area contributed by atoms with E-state index in [4.69, 9.17) is 10.0 Å². The van der Waals surface area contributed by atoms with Gasteiger partial charge in [0.25, 0.3) is 0 Å². The van der Waals surface area contributed by atoms with Crippen molar-refractivity contribution in [2.24, 2.45) is 0 Å². The van der Waals surface area contributed by atoms with Crippen molar-refractivity contribution < 1.29 is 45.2 Å². The van der Waals surface area contributed by atoms with Gasteiger partial charge in [-0.05, 0) is 12.5 Å². The molecule has 0 saturated heterocycles. The van der Waals surface area contributed by atoms with Crippen LogP contribution in [-0.4, -0.2) is 17.2 Å². The Morgan fingerprint density at radius 2 is 0.917 bits per heavy atom. The van der Waals surface area contributed by atoms with E-state index in [-0.39, 0.29) is 0 Å². The molecule has 0 bridgehead atoms. The SMILES string of the molecule is Cc1c(F)c(F)c(F)c(F)c1-c1c(F)c(F)c(F)c(F)c1B(O)O. The molecule has 0 heterocycles. The van der Waals surface area contributed by atoms with Crippen molar-refractivity contribution >= 4 is 12.6 Å². The number of hydrogen-bond donors (Lipinski definition) is 2. The molecule has 2 nitrogen and oxygen atoms in total. The molecule has 0 unspecified atom stereocenters. The lowest BCUT2D eigenvalue weighted by Crippen LogP contribution is -2.37. The van der Waals surface area contributed by atoms with E-state index in [0.29, 0.717) is 6.92 Å². The molecule has 24 heavy (non-hydrogen) atoms. The van der Waals surface area contributed by atoms with Crippen LogP contribution in [0.15, 0.2) is 0 Å². The summed E-state index contributed by atoms with van der Waals surface area (Å²) in [5.41, 5.74) is -6.05. The van der Waals surface area contributed by atoms with Crippen LogP contribution >= 0.6 is 0 Å². The van der Waals surface area contributed by atoms with Crippen molar-refractivity contribution in [2.75, 3.05) is 0 Å². The standard InChI is InChI=1S/C13H5BF8O2/c1-2-3(7(16)11(20)10(19)6(2)15)4-5(14(23)24)9(18)13(22)12(21)8(4)17/h23-24H,1H3. The molecular formula is C13H5BF8O2. The lowest BCUT2D eigenvalue weighted by Gasteiger charge is -2.17. The summed E-state index contributed by atoms with van der Waals surface area (Å²) in [7, 11) is -3.00. The minimum Gasteiger partial charge on any atom is -0.423 e. The summed E-state index contributed by atoms with van der Waals surface area (Å²) in [5, 5.41) is 18.1. The van der Waals surface area contributed by atoms with Crippen LogP contribution in [0.3, 0.4) is 0 Å². The summed E-state index contributed by atoms with van der Waals surface area (Å²) < 4.78 is 108. The van der Waals surface area contributed by atoms with Crippen LogP contribution in [0, 0.1) is 53.5 Å². The van der Waals surface area contributed by atoms with E-state index in [9.17, 15) is 35.1 Å². The van der Waals surface area contributed by atoms with Crippen LogP contribution in [0.4, 0.5) is 35.1 Å². The van der Waals surface area contributed by atoms with E-state index in [1.165, 1.54) is 0 Å². The zero-order valence-corrected chi connectivity index (χ0v) is 11.5. The van der Waals surface area contributed by atoms with Crippen LogP contribution in [-0.2, 0) is 0 Å². The van der Waals surface area contributed by atoms with Gasteiger partial charge in [0.1, 0.15) is 0 Å². The number of rotatable bonds is 2. The van der Waals surface area contributed by atoms with Crippen molar-refractivity contribution in [1.82, 2.24) is 0 Å². The molecule has 0 spiro atoms. The zero-order valence-electron chi connectivity index (χ0n) is 11.5. The van der Waals surface area contributed by atoms with Gasteiger partial charge >= 0.3 is 7.12 Å². The lowest BCUT2D eigenvalue weighted by molar-refractivity contribution is 0.397. The van der Waals surface area contributed by atoms with Gasteiger partial charge in [-0.25, -0.2) is 35.1 Å². The normalized spacial score (nSPS) is 11.1. The van der Waals surface area contributed by atoms with Gasteiger partial charge in [0.2, 0.25) is 0 Å². The minimum atomic E-state index is -3.00. The molecule has 2 aromatic carbocycles. The summed E-state index contributed by atoms with van der Waals surface area (Å²) in [4.78, 5) is 0. The van der Waals surface area contributed by atoms with Crippen LogP contribution < -0.4 is 5.46 Å². The van der Waals surface area contributed by atoms with Gasteiger partial charge in [-0.3, -0.25) is 0 Å². The summed E-state index contributed by atoms with van der Waals surface area (Å²) in [6.45, 7) is 0.614. The Balaban J connectivity index is 3.10. The molecule has 128 valence electrons. The molecule has 0 aliphatic carbocycles. The van der Waals surface area contributed by atoms with E-state index < -0.39 is 75.8 Å². The highest BCUT2D eigenvalue weighted by atomic mass is 19.2. The molecule has 11 heteroatoms. The first kappa shape index (κ1) is 18.2. The highest BCUT2D eigenvalue weighted by Gasteiger charge is 2.36. The Labute approximate surface area is 129 Å². The fourth-order valence-electron chi connectivity index (χ4n) is 2.17. The Morgan fingerprint density at radius 1 is 0.542 bits per heavy atom. The maximum Gasteiger partial charge on any atom is 0.492 e. The second kappa shape index (κ2) is 6.06. The summed E-state index contributed by atoms with van der Waals surface area (Å²) in [6.07, 6.45) is 0. The van der Waals surface area contributed by atoms with Crippen molar-refractivity contribution in [3.63, 3.8) is 0 Å². The summed E-state index contributed by atoms with van der Waals surface area (Å²) >= 11 is 0. The monoisotopic (exact) mass is 356 g/mol. The van der Waals surface area contributed by atoms with E-state index in [2.05, 4.69) is 0 Å². The largest absolute Gasteiger partial charge is 0.492 e. The first-order valence-corrected chi connectivity index (χ1v) is 6.07. The highest BCUT2D eigenvalue weighted by Crippen LogP contribution is 2.34. The maximum absolute atomic E-state index is 14.0.